The second kappa shape index (κ2) is 6.95. The normalized spacial score (nSPS) is 21.1. The van der Waals surface area contributed by atoms with Crippen LogP contribution in [0.4, 0.5) is 0 Å². The maximum atomic E-state index is 13.0. The largest absolute Gasteiger partial charge is 0.372 e. The maximum Gasteiger partial charge on any atom is 0.257 e. The zero-order valence-electron chi connectivity index (χ0n) is 14.2. The standard InChI is InChI=1S/C18H22ClN3O2/c1-4-17-16(18(23)21-10-12(2)24-13(3)11-21)9-20-22(17)15-7-5-6-14(19)8-15/h5-9,12-13H,4,10-11H2,1-3H3. The van der Waals surface area contributed by atoms with Gasteiger partial charge in [0.2, 0.25) is 0 Å². The average Bonchev–Trinajstić information content (AvgIpc) is 2.97. The van der Waals surface area contributed by atoms with Gasteiger partial charge in [0.1, 0.15) is 0 Å². The summed E-state index contributed by atoms with van der Waals surface area (Å²) in [5.41, 5.74) is 2.41. The summed E-state index contributed by atoms with van der Waals surface area (Å²) in [7, 11) is 0. The van der Waals surface area contributed by atoms with Gasteiger partial charge in [-0.2, -0.15) is 5.10 Å². The molecule has 1 saturated heterocycles. The summed E-state index contributed by atoms with van der Waals surface area (Å²) in [6, 6.07) is 7.49. The fourth-order valence-corrected chi connectivity index (χ4v) is 3.42. The molecule has 0 N–H and O–H groups in total. The van der Waals surface area contributed by atoms with Gasteiger partial charge in [0.25, 0.3) is 5.91 Å². The predicted molar refractivity (Wildman–Crippen MR) is 93.9 cm³/mol. The molecule has 1 fully saturated rings. The molecule has 1 aromatic heterocycles. The molecule has 6 heteroatoms. The molecule has 2 aromatic rings. The van der Waals surface area contributed by atoms with Crippen LogP contribution in [-0.2, 0) is 11.2 Å². The third-order valence-corrected chi connectivity index (χ3v) is 4.43. The van der Waals surface area contributed by atoms with Crippen LogP contribution in [0.1, 0.15) is 36.8 Å². The molecule has 1 aliphatic rings. The summed E-state index contributed by atoms with van der Waals surface area (Å²) in [6.07, 6.45) is 2.46. The second-order valence-electron chi connectivity index (χ2n) is 6.22. The molecule has 128 valence electrons. The summed E-state index contributed by atoms with van der Waals surface area (Å²) in [5.74, 6) is 0.0159. The number of benzene rings is 1. The lowest BCUT2D eigenvalue weighted by Gasteiger charge is -2.35. The second-order valence-corrected chi connectivity index (χ2v) is 6.65. The number of halogens is 1. The number of aromatic nitrogens is 2. The highest BCUT2D eigenvalue weighted by Gasteiger charge is 2.29. The van der Waals surface area contributed by atoms with Crippen molar-refractivity contribution in [1.29, 1.82) is 0 Å². The third kappa shape index (κ3) is 3.32. The minimum atomic E-state index is 0.0159. The van der Waals surface area contributed by atoms with Crippen LogP contribution in [-0.4, -0.2) is 45.9 Å². The van der Waals surface area contributed by atoms with E-state index in [1.165, 1.54) is 0 Å². The van der Waals surface area contributed by atoms with E-state index in [4.69, 9.17) is 16.3 Å². The number of morpholine rings is 1. The van der Waals surface area contributed by atoms with Crippen LogP contribution in [0.5, 0.6) is 0 Å². The van der Waals surface area contributed by atoms with Crippen LogP contribution in [0.3, 0.4) is 0 Å². The first-order valence-corrected chi connectivity index (χ1v) is 8.65. The molecule has 1 aliphatic heterocycles. The Hall–Kier alpha value is -1.85. The van der Waals surface area contributed by atoms with Gasteiger partial charge in [-0.1, -0.05) is 24.6 Å². The van der Waals surface area contributed by atoms with Crippen LogP contribution in [0.15, 0.2) is 30.5 Å². The summed E-state index contributed by atoms with van der Waals surface area (Å²) in [5, 5.41) is 5.08. The summed E-state index contributed by atoms with van der Waals surface area (Å²) >= 11 is 6.08. The van der Waals surface area contributed by atoms with E-state index in [-0.39, 0.29) is 18.1 Å². The van der Waals surface area contributed by atoms with Crippen molar-refractivity contribution in [3.05, 3.63) is 46.7 Å². The van der Waals surface area contributed by atoms with Gasteiger partial charge >= 0.3 is 0 Å². The van der Waals surface area contributed by atoms with Crippen molar-refractivity contribution in [2.45, 2.75) is 39.4 Å². The van der Waals surface area contributed by atoms with Crippen LogP contribution < -0.4 is 0 Å². The maximum absolute atomic E-state index is 13.0. The highest BCUT2D eigenvalue weighted by Crippen LogP contribution is 2.21. The quantitative estimate of drug-likeness (QED) is 0.855. The molecule has 0 bridgehead atoms. The highest BCUT2D eigenvalue weighted by molar-refractivity contribution is 6.30. The van der Waals surface area contributed by atoms with Crippen LogP contribution >= 0.6 is 11.6 Å². The Labute approximate surface area is 147 Å². The smallest absolute Gasteiger partial charge is 0.257 e. The minimum Gasteiger partial charge on any atom is -0.372 e. The van der Waals surface area contributed by atoms with E-state index in [2.05, 4.69) is 5.10 Å². The van der Waals surface area contributed by atoms with E-state index in [1.54, 1.807) is 10.9 Å². The topological polar surface area (TPSA) is 47.4 Å². The molecular weight excluding hydrogens is 326 g/mol. The molecule has 24 heavy (non-hydrogen) atoms. The number of ether oxygens (including phenoxy) is 1. The SMILES string of the molecule is CCc1c(C(=O)N2CC(C)OC(C)C2)cnn1-c1cccc(Cl)c1. The molecule has 0 aliphatic carbocycles. The Balaban J connectivity index is 1.93. The van der Waals surface area contributed by atoms with Crippen molar-refractivity contribution in [1.82, 2.24) is 14.7 Å². The van der Waals surface area contributed by atoms with E-state index in [1.807, 2.05) is 49.9 Å². The molecule has 5 nitrogen and oxygen atoms in total. The van der Waals surface area contributed by atoms with Crippen molar-refractivity contribution in [2.75, 3.05) is 13.1 Å². The number of rotatable bonds is 3. The lowest BCUT2D eigenvalue weighted by molar-refractivity contribution is -0.0586. The molecule has 1 amide bonds. The molecule has 0 radical (unpaired) electrons. The molecular formula is C18H22ClN3O2. The number of hydrogen-bond acceptors (Lipinski definition) is 3. The van der Waals surface area contributed by atoms with Crippen molar-refractivity contribution in [2.24, 2.45) is 0 Å². The Morgan fingerprint density at radius 1 is 1.33 bits per heavy atom. The molecule has 2 atom stereocenters. The Kier molecular flexibility index (Phi) is 4.92. The van der Waals surface area contributed by atoms with Gasteiger partial charge in [-0.05, 0) is 38.5 Å². The first-order chi connectivity index (χ1) is 11.5. The van der Waals surface area contributed by atoms with Gasteiger partial charge in [-0.25, -0.2) is 4.68 Å². The van der Waals surface area contributed by atoms with Crippen LogP contribution in [0.2, 0.25) is 5.02 Å². The summed E-state index contributed by atoms with van der Waals surface area (Å²) in [4.78, 5) is 14.8. The van der Waals surface area contributed by atoms with E-state index in [9.17, 15) is 4.79 Å². The van der Waals surface area contributed by atoms with Crippen molar-refractivity contribution in [3.63, 3.8) is 0 Å². The average molecular weight is 348 g/mol. The van der Waals surface area contributed by atoms with Gasteiger partial charge in [0.15, 0.2) is 0 Å². The zero-order valence-corrected chi connectivity index (χ0v) is 15.0. The van der Waals surface area contributed by atoms with E-state index < -0.39 is 0 Å². The molecule has 2 unspecified atom stereocenters. The molecule has 0 spiro atoms. The summed E-state index contributed by atoms with van der Waals surface area (Å²) < 4.78 is 7.52. The Morgan fingerprint density at radius 3 is 2.67 bits per heavy atom. The zero-order chi connectivity index (χ0) is 17.3. The number of amides is 1. The van der Waals surface area contributed by atoms with Gasteiger partial charge in [-0.3, -0.25) is 4.79 Å². The highest BCUT2D eigenvalue weighted by atomic mass is 35.5. The lowest BCUT2D eigenvalue weighted by atomic mass is 10.1. The summed E-state index contributed by atoms with van der Waals surface area (Å²) in [6.45, 7) is 7.22. The number of nitrogens with zero attached hydrogens (tertiary/aromatic N) is 3. The van der Waals surface area contributed by atoms with Crippen molar-refractivity contribution >= 4 is 17.5 Å². The Bertz CT molecular complexity index is 734. The van der Waals surface area contributed by atoms with E-state index >= 15 is 0 Å². The van der Waals surface area contributed by atoms with Gasteiger partial charge in [0, 0.05) is 18.1 Å². The van der Waals surface area contributed by atoms with Gasteiger partial charge in [-0.15, -0.1) is 0 Å². The predicted octanol–water partition coefficient (Wildman–Crippen LogP) is 3.34. The van der Waals surface area contributed by atoms with E-state index in [0.717, 1.165) is 11.4 Å². The molecule has 1 aromatic carbocycles. The monoisotopic (exact) mass is 347 g/mol. The van der Waals surface area contributed by atoms with Gasteiger partial charge < -0.3 is 9.64 Å². The fraction of sp³-hybridized carbons (Fsp3) is 0.444. The first kappa shape index (κ1) is 17.0. The van der Waals surface area contributed by atoms with Crippen LogP contribution in [0, 0.1) is 0 Å². The van der Waals surface area contributed by atoms with Crippen molar-refractivity contribution in [3.8, 4) is 5.69 Å². The van der Waals surface area contributed by atoms with Crippen LogP contribution in [0.25, 0.3) is 5.69 Å². The van der Waals surface area contributed by atoms with Crippen molar-refractivity contribution < 1.29 is 9.53 Å². The third-order valence-electron chi connectivity index (χ3n) is 4.19. The molecule has 3 rings (SSSR count). The number of hydrogen-bond donors (Lipinski definition) is 0. The first-order valence-electron chi connectivity index (χ1n) is 8.27. The van der Waals surface area contributed by atoms with E-state index in [0.29, 0.717) is 30.1 Å². The minimum absolute atomic E-state index is 0.0159. The Morgan fingerprint density at radius 2 is 2.04 bits per heavy atom. The number of carbonyl (C=O) groups excluding carboxylic acids is 1. The lowest BCUT2D eigenvalue weighted by Crippen LogP contribution is -2.48. The molecule has 0 saturated carbocycles. The fourth-order valence-electron chi connectivity index (χ4n) is 3.24. The van der Waals surface area contributed by atoms with Gasteiger partial charge in [0.05, 0.1) is 35.3 Å². The molecule has 2 heterocycles. The number of carbonyl (C=O) groups is 1.